The van der Waals surface area contributed by atoms with Gasteiger partial charge in [0.05, 0.1) is 5.56 Å². The van der Waals surface area contributed by atoms with Gasteiger partial charge in [-0.2, -0.15) is 5.26 Å². The topological polar surface area (TPSA) is 40.9 Å². The summed E-state index contributed by atoms with van der Waals surface area (Å²) in [5.41, 5.74) is -0.483. The van der Waals surface area contributed by atoms with Gasteiger partial charge >= 0.3 is 0 Å². The molecule has 2 aromatic rings. The Hall–Kier alpha value is -2.32. The van der Waals surface area contributed by atoms with Crippen LogP contribution in [-0.4, -0.2) is 5.78 Å². The Kier molecular flexibility index (Phi) is 4.61. The summed E-state index contributed by atoms with van der Waals surface area (Å²) in [4.78, 5) is 12.1. The van der Waals surface area contributed by atoms with Crippen LogP contribution in [0.25, 0.3) is 6.08 Å². The van der Waals surface area contributed by atoms with Gasteiger partial charge in [-0.15, -0.1) is 0 Å². The summed E-state index contributed by atoms with van der Waals surface area (Å²) in [6.07, 6.45) is 1.11. The quantitative estimate of drug-likeness (QED) is 0.465. The fourth-order valence-corrected chi connectivity index (χ4v) is 2.10. The molecule has 2 nitrogen and oxygen atoms in total. The number of rotatable bonds is 3. The second-order valence-corrected chi connectivity index (χ2v) is 5.06. The van der Waals surface area contributed by atoms with Crippen LogP contribution in [0, 0.1) is 23.0 Å². The minimum absolute atomic E-state index is 0.0746. The number of hydrogen-bond donors (Lipinski definition) is 0. The van der Waals surface area contributed by atoms with Crippen LogP contribution in [0.3, 0.4) is 0 Å². The smallest absolute Gasteiger partial charge is 0.206 e. The second-order valence-electron chi connectivity index (χ2n) is 4.14. The van der Waals surface area contributed by atoms with Crippen molar-refractivity contribution in [1.82, 2.24) is 0 Å². The minimum atomic E-state index is -0.782. The maximum Gasteiger partial charge on any atom is 0.206 e. The Bertz CT molecular complexity index is 778. The molecule has 0 unspecified atom stereocenters. The van der Waals surface area contributed by atoms with E-state index in [0.29, 0.717) is 4.47 Å². The first kappa shape index (κ1) is 15.1. The molecule has 104 valence electrons. The zero-order valence-corrected chi connectivity index (χ0v) is 12.2. The molecule has 2 aromatic carbocycles. The molecule has 0 atom stereocenters. The first-order valence-electron chi connectivity index (χ1n) is 5.89. The fraction of sp³-hybridized carbons (Fsp3) is 0. The van der Waals surface area contributed by atoms with Crippen molar-refractivity contribution >= 4 is 27.8 Å². The highest BCUT2D eigenvalue weighted by Gasteiger charge is 2.16. The number of Topliss-reactive ketones (excluding diaryl/α,β-unsaturated/α-hetero) is 1. The molecular weight excluding hydrogens is 340 g/mol. The van der Waals surface area contributed by atoms with Crippen LogP contribution in [0.2, 0.25) is 0 Å². The highest BCUT2D eigenvalue weighted by atomic mass is 79.9. The lowest BCUT2D eigenvalue weighted by molar-refractivity contribution is 0.103. The van der Waals surface area contributed by atoms with Crippen LogP contribution in [0.15, 0.2) is 52.5 Å². The van der Waals surface area contributed by atoms with Crippen molar-refractivity contribution in [2.24, 2.45) is 0 Å². The number of carbonyl (C=O) groups excluding carboxylic acids is 1. The monoisotopic (exact) mass is 347 g/mol. The second kappa shape index (κ2) is 6.42. The van der Waals surface area contributed by atoms with Gasteiger partial charge in [0.25, 0.3) is 0 Å². The first-order valence-corrected chi connectivity index (χ1v) is 6.68. The van der Waals surface area contributed by atoms with Crippen LogP contribution < -0.4 is 0 Å². The van der Waals surface area contributed by atoms with Gasteiger partial charge < -0.3 is 0 Å². The molecule has 21 heavy (non-hydrogen) atoms. The van der Waals surface area contributed by atoms with Crippen molar-refractivity contribution in [3.8, 4) is 6.07 Å². The van der Waals surface area contributed by atoms with Crippen molar-refractivity contribution in [1.29, 1.82) is 5.26 Å². The molecule has 2 rings (SSSR count). The Labute approximate surface area is 128 Å². The first-order chi connectivity index (χ1) is 10.0. The van der Waals surface area contributed by atoms with E-state index >= 15 is 0 Å². The molecule has 0 heterocycles. The molecule has 0 aliphatic rings. The van der Waals surface area contributed by atoms with Crippen LogP contribution >= 0.6 is 15.9 Å². The molecule has 0 amide bonds. The van der Waals surface area contributed by atoms with E-state index in [1.807, 2.05) is 0 Å². The fourth-order valence-electron chi connectivity index (χ4n) is 1.72. The average Bonchev–Trinajstić information content (AvgIpc) is 2.48. The summed E-state index contributed by atoms with van der Waals surface area (Å²) in [6.45, 7) is 0. The molecule has 0 spiro atoms. The third-order valence-electron chi connectivity index (χ3n) is 2.74. The number of benzene rings is 2. The zero-order valence-electron chi connectivity index (χ0n) is 10.6. The summed E-state index contributed by atoms with van der Waals surface area (Å²) in [5, 5.41) is 9.07. The van der Waals surface area contributed by atoms with Crippen molar-refractivity contribution < 1.29 is 13.6 Å². The highest BCUT2D eigenvalue weighted by Crippen LogP contribution is 2.20. The molecule has 5 heteroatoms. The molecule has 0 bridgehead atoms. The number of halogens is 3. The third-order valence-corrected chi connectivity index (χ3v) is 3.23. The van der Waals surface area contributed by atoms with Crippen LogP contribution in [0.5, 0.6) is 0 Å². The largest absolute Gasteiger partial charge is 0.288 e. The average molecular weight is 348 g/mol. The number of hydrogen-bond acceptors (Lipinski definition) is 2. The van der Waals surface area contributed by atoms with E-state index < -0.39 is 17.4 Å². The van der Waals surface area contributed by atoms with Gasteiger partial charge in [-0.05, 0) is 36.4 Å². The molecule has 0 aliphatic carbocycles. The van der Waals surface area contributed by atoms with Crippen molar-refractivity contribution in [2.75, 3.05) is 0 Å². The molecule has 0 radical (unpaired) electrons. The van der Waals surface area contributed by atoms with Crippen LogP contribution in [0.1, 0.15) is 15.9 Å². The molecule has 0 saturated carbocycles. The predicted octanol–water partition coefficient (Wildman–Crippen LogP) is 4.52. The molecular formula is C16H8BrF2NO. The summed E-state index contributed by atoms with van der Waals surface area (Å²) in [5.74, 6) is -2.08. The van der Waals surface area contributed by atoms with E-state index in [1.165, 1.54) is 36.4 Å². The Morgan fingerprint density at radius 3 is 2.52 bits per heavy atom. The van der Waals surface area contributed by atoms with Gasteiger partial charge in [-0.1, -0.05) is 28.1 Å². The lowest BCUT2D eigenvalue weighted by atomic mass is 10.0. The van der Waals surface area contributed by atoms with Crippen molar-refractivity contribution in [2.45, 2.75) is 0 Å². The van der Waals surface area contributed by atoms with E-state index in [0.717, 1.165) is 12.1 Å². The van der Waals surface area contributed by atoms with Gasteiger partial charge in [-0.3, -0.25) is 4.79 Å². The molecule has 0 aliphatic heterocycles. The number of nitrogens with zero attached hydrogens (tertiary/aromatic N) is 1. The summed E-state index contributed by atoms with van der Waals surface area (Å²) >= 11 is 3.18. The highest BCUT2D eigenvalue weighted by molar-refractivity contribution is 9.10. The number of nitriles is 1. The summed E-state index contributed by atoms with van der Waals surface area (Å²) < 4.78 is 27.8. The molecule has 0 aromatic heterocycles. The maximum absolute atomic E-state index is 13.7. The summed E-state index contributed by atoms with van der Waals surface area (Å²) in [7, 11) is 0. The van der Waals surface area contributed by atoms with Gasteiger partial charge in [-0.25, -0.2) is 8.78 Å². The Morgan fingerprint density at radius 2 is 1.86 bits per heavy atom. The lowest BCUT2D eigenvalue weighted by Crippen LogP contribution is -2.04. The minimum Gasteiger partial charge on any atom is -0.288 e. The number of ketones is 1. The van der Waals surface area contributed by atoms with Gasteiger partial charge in [0.2, 0.25) is 5.78 Å². The van der Waals surface area contributed by atoms with Crippen LogP contribution in [0.4, 0.5) is 8.78 Å². The van der Waals surface area contributed by atoms with Gasteiger partial charge in [0.1, 0.15) is 23.3 Å². The molecule has 0 N–H and O–H groups in total. The van der Waals surface area contributed by atoms with E-state index in [-0.39, 0.29) is 16.7 Å². The van der Waals surface area contributed by atoms with Gasteiger partial charge in [0.15, 0.2) is 0 Å². The van der Waals surface area contributed by atoms with E-state index in [1.54, 1.807) is 6.07 Å². The third kappa shape index (κ3) is 3.41. The van der Waals surface area contributed by atoms with Crippen LogP contribution in [-0.2, 0) is 0 Å². The Morgan fingerprint density at radius 1 is 1.14 bits per heavy atom. The van der Waals surface area contributed by atoms with Crippen molar-refractivity contribution in [3.63, 3.8) is 0 Å². The standard InChI is InChI=1S/C16H8BrF2NO/c17-12-5-6-14(18)10(8-12)7-11(9-20)16(21)13-3-1-2-4-15(13)19/h1-8H/b11-7+. The summed E-state index contributed by atoms with van der Waals surface area (Å²) in [6, 6.07) is 11.2. The SMILES string of the molecule is N#C/C(=C\c1cc(Br)ccc1F)C(=O)c1ccccc1F. The zero-order chi connectivity index (χ0) is 15.4. The molecule has 0 fully saturated rings. The van der Waals surface area contributed by atoms with Gasteiger partial charge in [0, 0.05) is 10.0 Å². The van der Waals surface area contributed by atoms with Crippen molar-refractivity contribution in [3.05, 3.63) is 75.3 Å². The predicted molar refractivity (Wildman–Crippen MR) is 78.4 cm³/mol. The normalized spacial score (nSPS) is 11.0. The number of carbonyl (C=O) groups is 1. The van der Waals surface area contributed by atoms with E-state index in [4.69, 9.17) is 5.26 Å². The number of allylic oxidation sites excluding steroid dienone is 1. The van der Waals surface area contributed by atoms with E-state index in [9.17, 15) is 13.6 Å². The van der Waals surface area contributed by atoms with E-state index in [2.05, 4.69) is 15.9 Å². The maximum atomic E-state index is 13.7. The lowest BCUT2D eigenvalue weighted by Gasteiger charge is -2.02. The molecule has 0 saturated heterocycles. The Balaban J connectivity index is 2.47.